The summed E-state index contributed by atoms with van der Waals surface area (Å²) in [6.45, 7) is 0. The number of allylic oxidation sites excluding steroid dienone is 2. The highest BCUT2D eigenvalue weighted by atomic mass is 15.0. The third-order valence-electron chi connectivity index (χ3n) is 10.5. The predicted octanol–water partition coefficient (Wildman–Crippen LogP) is 13.0. The highest BCUT2D eigenvalue weighted by molar-refractivity contribution is 6.08. The van der Waals surface area contributed by atoms with Gasteiger partial charge in [0.15, 0.2) is 23.3 Å². The van der Waals surface area contributed by atoms with Crippen LogP contribution in [0, 0.1) is 5.41 Å². The van der Waals surface area contributed by atoms with Gasteiger partial charge < -0.3 is 5.41 Å². The summed E-state index contributed by atoms with van der Waals surface area (Å²) in [6.07, 6.45) is 9.12. The molecule has 0 unspecified atom stereocenters. The Labute approximate surface area is 350 Å². The van der Waals surface area contributed by atoms with Crippen molar-refractivity contribution < 1.29 is 0 Å². The summed E-state index contributed by atoms with van der Waals surface area (Å²) in [5.74, 6) is 2.43. The second-order valence-corrected chi connectivity index (χ2v) is 14.4. The Morgan fingerprint density at radius 2 is 0.867 bits per heavy atom. The van der Waals surface area contributed by atoms with Crippen LogP contribution in [0.3, 0.4) is 0 Å². The van der Waals surface area contributed by atoms with Crippen LogP contribution < -0.4 is 0 Å². The first-order chi connectivity index (χ1) is 29.7. The minimum Gasteiger partial charge on any atom is -0.308 e. The fourth-order valence-electron chi connectivity index (χ4n) is 7.44. The number of nitrogens with zero attached hydrogens (tertiary/aromatic N) is 5. The molecule has 0 atom stereocenters. The van der Waals surface area contributed by atoms with Crippen molar-refractivity contribution in [1.29, 1.82) is 5.41 Å². The maximum Gasteiger partial charge on any atom is 0.164 e. The minimum absolute atomic E-state index is 0.574. The number of hydrogen-bond acceptors (Lipinski definition) is 6. The lowest BCUT2D eigenvalue weighted by molar-refractivity contribution is 1.00. The van der Waals surface area contributed by atoms with E-state index in [4.69, 9.17) is 20.4 Å². The van der Waals surface area contributed by atoms with E-state index in [0.29, 0.717) is 23.3 Å². The van der Waals surface area contributed by atoms with E-state index in [0.717, 1.165) is 79.6 Å². The molecule has 9 rings (SSSR count). The maximum atomic E-state index is 8.29. The lowest BCUT2D eigenvalue weighted by Gasteiger charge is -2.15. The second kappa shape index (κ2) is 17.7. The molecule has 7 aromatic carbocycles. The van der Waals surface area contributed by atoms with Crippen LogP contribution in [0.15, 0.2) is 207 Å². The smallest absolute Gasteiger partial charge is 0.164 e. The summed E-state index contributed by atoms with van der Waals surface area (Å²) in [5, 5.41) is 8.29. The fraction of sp³-hybridized carbons (Fsp3) is 0.0370. The summed E-state index contributed by atoms with van der Waals surface area (Å²) < 4.78 is 0. The molecule has 0 aliphatic rings. The SMILES string of the molecule is N=C/C(=C\CCc1ccccc1)c1cccc(-c2ccccc2-c2nc(-c3ccccc3)nc(-c3ccccc3-c3cccc(-c4cnc(-c5ccccc5)nc4)c3)n2)c1. The van der Waals surface area contributed by atoms with Crippen molar-refractivity contribution >= 4 is 11.8 Å². The van der Waals surface area contributed by atoms with Crippen molar-refractivity contribution in [2.24, 2.45) is 0 Å². The number of rotatable bonds is 12. The third kappa shape index (κ3) is 8.35. The van der Waals surface area contributed by atoms with Crippen LogP contribution in [0.1, 0.15) is 17.5 Å². The Bertz CT molecular complexity index is 2930. The number of aryl methyl sites for hydroxylation is 1. The standard InChI is InChI=1S/C54H40N6/c55-35-45(28-14-19-38-17-4-1-5-18-38)41-24-15-26-43(33-41)47-29-10-12-31-49(47)53-58-52(40-22-8-3-9-23-40)59-54(60-53)50-32-13-11-30-48(50)44-27-16-25-42(34-44)46-36-56-51(57-37-46)39-20-6-2-7-21-39/h1-13,15-18,20-37,55H,14,19H2/b45-28+,55-35?. The van der Waals surface area contributed by atoms with E-state index in [1.165, 1.54) is 11.8 Å². The van der Waals surface area contributed by atoms with Gasteiger partial charge in [-0.2, -0.15) is 0 Å². The van der Waals surface area contributed by atoms with Crippen LogP contribution in [0.4, 0.5) is 0 Å². The van der Waals surface area contributed by atoms with Gasteiger partial charge in [0, 0.05) is 46.4 Å². The topological polar surface area (TPSA) is 88.3 Å². The molecule has 286 valence electrons. The summed E-state index contributed by atoms with van der Waals surface area (Å²) in [5.41, 5.74) is 12.8. The van der Waals surface area contributed by atoms with Crippen LogP contribution in [0.25, 0.3) is 84.5 Å². The summed E-state index contributed by atoms with van der Waals surface area (Å²) in [6, 6.07) is 63.8. The average Bonchev–Trinajstić information content (AvgIpc) is 3.34. The molecule has 2 aromatic heterocycles. The van der Waals surface area contributed by atoms with E-state index in [1.807, 2.05) is 103 Å². The first-order valence-electron chi connectivity index (χ1n) is 20.0. The zero-order chi connectivity index (χ0) is 40.5. The molecule has 6 nitrogen and oxygen atoms in total. The Hall–Kier alpha value is -7.96. The van der Waals surface area contributed by atoms with Gasteiger partial charge in [0.05, 0.1) is 0 Å². The second-order valence-electron chi connectivity index (χ2n) is 14.4. The van der Waals surface area contributed by atoms with Crippen molar-refractivity contribution in [3.05, 3.63) is 218 Å². The number of nitrogens with one attached hydrogen (secondary N) is 1. The Kier molecular flexibility index (Phi) is 11.1. The minimum atomic E-state index is 0.574. The van der Waals surface area contributed by atoms with Crippen LogP contribution in [0.5, 0.6) is 0 Å². The van der Waals surface area contributed by atoms with Crippen molar-refractivity contribution in [3.63, 3.8) is 0 Å². The van der Waals surface area contributed by atoms with Gasteiger partial charge in [-0.1, -0.05) is 182 Å². The van der Waals surface area contributed by atoms with E-state index >= 15 is 0 Å². The van der Waals surface area contributed by atoms with Crippen molar-refractivity contribution in [2.75, 3.05) is 0 Å². The molecule has 0 bridgehead atoms. The molecule has 0 aliphatic carbocycles. The molecule has 0 saturated carbocycles. The first kappa shape index (κ1) is 37.6. The first-order valence-corrected chi connectivity index (χ1v) is 20.0. The van der Waals surface area contributed by atoms with E-state index in [1.54, 1.807) is 0 Å². The van der Waals surface area contributed by atoms with Gasteiger partial charge in [-0.05, 0) is 69.5 Å². The van der Waals surface area contributed by atoms with Gasteiger partial charge in [0.1, 0.15) is 0 Å². The largest absolute Gasteiger partial charge is 0.308 e. The molecule has 0 aliphatic heterocycles. The summed E-state index contributed by atoms with van der Waals surface area (Å²) in [4.78, 5) is 24.9. The molecule has 1 N–H and O–H groups in total. The van der Waals surface area contributed by atoms with E-state index in [2.05, 4.69) is 113 Å². The fourth-order valence-corrected chi connectivity index (χ4v) is 7.44. The zero-order valence-electron chi connectivity index (χ0n) is 32.9. The lowest BCUT2D eigenvalue weighted by atomic mass is 9.94. The number of aromatic nitrogens is 5. The van der Waals surface area contributed by atoms with E-state index in [-0.39, 0.29) is 0 Å². The average molecular weight is 773 g/mol. The molecule has 0 fully saturated rings. The highest BCUT2D eigenvalue weighted by Crippen LogP contribution is 2.37. The molecule has 0 spiro atoms. The van der Waals surface area contributed by atoms with Crippen molar-refractivity contribution in [2.45, 2.75) is 12.8 Å². The zero-order valence-corrected chi connectivity index (χ0v) is 32.9. The normalized spacial score (nSPS) is 11.3. The number of hydrogen-bond donors (Lipinski definition) is 1. The third-order valence-corrected chi connectivity index (χ3v) is 10.5. The van der Waals surface area contributed by atoms with E-state index < -0.39 is 0 Å². The van der Waals surface area contributed by atoms with Crippen LogP contribution in [-0.2, 0) is 6.42 Å². The van der Waals surface area contributed by atoms with Gasteiger partial charge in [0.25, 0.3) is 0 Å². The molecule has 0 radical (unpaired) electrons. The Morgan fingerprint density at radius 1 is 0.400 bits per heavy atom. The van der Waals surface area contributed by atoms with Gasteiger partial charge in [-0.15, -0.1) is 0 Å². The molecule has 6 heteroatoms. The molecule has 60 heavy (non-hydrogen) atoms. The number of benzene rings is 7. The summed E-state index contributed by atoms with van der Waals surface area (Å²) >= 11 is 0. The Morgan fingerprint density at radius 3 is 1.47 bits per heavy atom. The van der Waals surface area contributed by atoms with Crippen LogP contribution in [-0.4, -0.2) is 31.1 Å². The molecular formula is C54H40N6. The van der Waals surface area contributed by atoms with Gasteiger partial charge >= 0.3 is 0 Å². The lowest BCUT2D eigenvalue weighted by Crippen LogP contribution is -2.02. The van der Waals surface area contributed by atoms with Crippen molar-refractivity contribution in [3.8, 4) is 78.9 Å². The van der Waals surface area contributed by atoms with Gasteiger partial charge in [-0.25, -0.2) is 24.9 Å². The highest BCUT2D eigenvalue weighted by Gasteiger charge is 2.18. The molecule has 0 amide bonds. The Balaban J connectivity index is 1.10. The predicted molar refractivity (Wildman–Crippen MR) is 245 cm³/mol. The van der Waals surface area contributed by atoms with Crippen LogP contribution >= 0.6 is 0 Å². The van der Waals surface area contributed by atoms with Gasteiger partial charge in [-0.3, -0.25) is 0 Å². The monoisotopic (exact) mass is 772 g/mol. The van der Waals surface area contributed by atoms with Gasteiger partial charge in [0.2, 0.25) is 0 Å². The van der Waals surface area contributed by atoms with Crippen molar-refractivity contribution in [1.82, 2.24) is 24.9 Å². The molecule has 9 aromatic rings. The van der Waals surface area contributed by atoms with E-state index in [9.17, 15) is 0 Å². The maximum absolute atomic E-state index is 8.29. The molecule has 0 saturated heterocycles. The summed E-state index contributed by atoms with van der Waals surface area (Å²) in [7, 11) is 0. The van der Waals surface area contributed by atoms with Crippen LogP contribution in [0.2, 0.25) is 0 Å². The quantitative estimate of drug-likeness (QED) is 0.125. The molecule has 2 heterocycles. The molecular weight excluding hydrogens is 733 g/mol.